The lowest BCUT2D eigenvalue weighted by Crippen LogP contribution is -2.50. The number of benzene rings is 1. The summed E-state index contributed by atoms with van der Waals surface area (Å²) >= 11 is 0. The number of carbonyl (C=O) groups is 1. The minimum atomic E-state index is -0.0452. The summed E-state index contributed by atoms with van der Waals surface area (Å²) in [5.74, 6) is 1.70. The Labute approximate surface area is 177 Å². The lowest BCUT2D eigenvalue weighted by molar-refractivity contribution is 0.122. The molecule has 1 aromatic carbocycles. The molecule has 8 nitrogen and oxygen atoms in total. The van der Waals surface area contributed by atoms with Crippen molar-refractivity contribution in [3.63, 3.8) is 0 Å². The van der Waals surface area contributed by atoms with Crippen molar-refractivity contribution in [1.29, 1.82) is 0 Å². The second-order valence-corrected chi connectivity index (χ2v) is 7.92. The van der Waals surface area contributed by atoms with Gasteiger partial charge in [-0.05, 0) is 38.0 Å². The zero-order chi connectivity index (χ0) is 21.1. The molecule has 4 rings (SSSR count). The van der Waals surface area contributed by atoms with Crippen molar-refractivity contribution < 1.29 is 9.53 Å². The molecule has 0 radical (unpaired) electrons. The predicted molar refractivity (Wildman–Crippen MR) is 119 cm³/mol. The summed E-state index contributed by atoms with van der Waals surface area (Å²) < 4.78 is 5.44. The Balaban J connectivity index is 1.39. The summed E-state index contributed by atoms with van der Waals surface area (Å²) in [6, 6.07) is 7.96. The summed E-state index contributed by atoms with van der Waals surface area (Å²) in [5.41, 5.74) is 4.12. The molecule has 0 spiro atoms. The third-order valence-electron chi connectivity index (χ3n) is 5.86. The van der Waals surface area contributed by atoms with Crippen LogP contribution in [0.15, 0.2) is 24.3 Å². The molecule has 0 atom stereocenters. The van der Waals surface area contributed by atoms with Gasteiger partial charge in [0.25, 0.3) is 0 Å². The van der Waals surface area contributed by atoms with E-state index in [2.05, 4.69) is 33.1 Å². The number of anilines is 3. The molecule has 2 aliphatic rings. The van der Waals surface area contributed by atoms with Gasteiger partial charge >= 0.3 is 6.03 Å². The van der Waals surface area contributed by atoms with Crippen LogP contribution in [0.1, 0.15) is 16.8 Å². The SMILES string of the molecule is Cc1cc(N2CCN(C(=O)Nc3cccc(C)c3C)CC2)nc(N2CCOCC2)n1. The molecule has 2 saturated heterocycles. The van der Waals surface area contributed by atoms with Crippen LogP contribution in [0.5, 0.6) is 0 Å². The zero-order valence-electron chi connectivity index (χ0n) is 18.0. The number of ether oxygens (including phenoxy) is 1. The third kappa shape index (κ3) is 4.48. The largest absolute Gasteiger partial charge is 0.378 e. The number of rotatable bonds is 3. The lowest BCUT2D eigenvalue weighted by atomic mass is 10.1. The van der Waals surface area contributed by atoms with Crippen LogP contribution in [-0.2, 0) is 4.74 Å². The summed E-state index contributed by atoms with van der Waals surface area (Å²) in [4.78, 5) is 28.4. The molecular formula is C22H30N6O2. The number of aromatic nitrogens is 2. The Hall–Kier alpha value is -2.87. The molecule has 0 unspecified atom stereocenters. The smallest absolute Gasteiger partial charge is 0.321 e. The van der Waals surface area contributed by atoms with Gasteiger partial charge in [-0.3, -0.25) is 0 Å². The molecule has 2 aliphatic heterocycles. The molecule has 2 fully saturated rings. The highest BCUT2D eigenvalue weighted by molar-refractivity contribution is 5.90. The molecule has 0 aliphatic carbocycles. The molecule has 160 valence electrons. The van der Waals surface area contributed by atoms with E-state index >= 15 is 0 Å². The average Bonchev–Trinajstić information content (AvgIpc) is 2.77. The molecule has 0 saturated carbocycles. The van der Waals surface area contributed by atoms with Crippen LogP contribution in [0, 0.1) is 20.8 Å². The second kappa shape index (κ2) is 8.87. The minimum absolute atomic E-state index is 0.0452. The van der Waals surface area contributed by atoms with Gasteiger partial charge < -0.3 is 24.8 Å². The summed E-state index contributed by atoms with van der Waals surface area (Å²) in [7, 11) is 0. The van der Waals surface area contributed by atoms with Gasteiger partial charge in [0.1, 0.15) is 5.82 Å². The van der Waals surface area contributed by atoms with E-state index < -0.39 is 0 Å². The van der Waals surface area contributed by atoms with Crippen molar-refractivity contribution in [2.75, 3.05) is 67.6 Å². The van der Waals surface area contributed by atoms with Crippen molar-refractivity contribution in [2.45, 2.75) is 20.8 Å². The number of amides is 2. The van der Waals surface area contributed by atoms with Gasteiger partial charge in [-0.25, -0.2) is 9.78 Å². The van der Waals surface area contributed by atoms with Gasteiger partial charge in [-0.15, -0.1) is 0 Å². The van der Waals surface area contributed by atoms with Crippen LogP contribution in [0.25, 0.3) is 0 Å². The fourth-order valence-electron chi connectivity index (χ4n) is 3.82. The fraction of sp³-hybridized carbons (Fsp3) is 0.500. The first kappa shape index (κ1) is 20.4. The van der Waals surface area contributed by atoms with Gasteiger partial charge in [0.05, 0.1) is 13.2 Å². The number of carbonyl (C=O) groups excluding carboxylic acids is 1. The molecule has 1 N–H and O–H groups in total. The number of hydrogen-bond acceptors (Lipinski definition) is 6. The molecule has 0 bridgehead atoms. The summed E-state index contributed by atoms with van der Waals surface area (Å²) in [5, 5.41) is 3.06. The average molecular weight is 411 g/mol. The van der Waals surface area contributed by atoms with Crippen molar-refractivity contribution in [3.05, 3.63) is 41.1 Å². The maximum Gasteiger partial charge on any atom is 0.321 e. The normalized spacial score (nSPS) is 17.2. The monoisotopic (exact) mass is 410 g/mol. The standard InChI is InChI=1S/C22H30N6O2/c1-16-5-4-6-19(18(16)3)24-22(29)28-9-7-26(8-10-28)20-15-17(2)23-21(25-20)27-11-13-30-14-12-27/h4-6,15H,7-14H2,1-3H3,(H,24,29). The van der Waals surface area contributed by atoms with Crippen LogP contribution in [0.2, 0.25) is 0 Å². The molecule has 1 aromatic heterocycles. The molecule has 2 aromatic rings. The number of nitrogens with one attached hydrogen (secondary N) is 1. The number of aryl methyl sites for hydroxylation is 2. The zero-order valence-corrected chi connectivity index (χ0v) is 18.0. The maximum atomic E-state index is 12.7. The summed E-state index contributed by atoms with van der Waals surface area (Å²) in [6.07, 6.45) is 0. The van der Waals surface area contributed by atoms with Gasteiger partial charge in [0, 0.05) is 56.7 Å². The Morgan fingerprint density at radius 1 is 0.967 bits per heavy atom. The lowest BCUT2D eigenvalue weighted by Gasteiger charge is -2.36. The predicted octanol–water partition coefficient (Wildman–Crippen LogP) is 2.59. The van der Waals surface area contributed by atoms with Crippen LogP contribution < -0.4 is 15.1 Å². The van der Waals surface area contributed by atoms with E-state index in [1.165, 1.54) is 5.56 Å². The molecule has 2 amide bonds. The number of piperazine rings is 1. The fourth-order valence-corrected chi connectivity index (χ4v) is 3.82. The Kier molecular flexibility index (Phi) is 6.03. The van der Waals surface area contributed by atoms with Crippen LogP contribution in [0.3, 0.4) is 0 Å². The van der Waals surface area contributed by atoms with Crippen LogP contribution >= 0.6 is 0 Å². The highest BCUT2D eigenvalue weighted by Gasteiger charge is 2.24. The molecular weight excluding hydrogens is 380 g/mol. The highest BCUT2D eigenvalue weighted by Crippen LogP contribution is 2.21. The first-order valence-corrected chi connectivity index (χ1v) is 10.6. The third-order valence-corrected chi connectivity index (χ3v) is 5.86. The molecule has 3 heterocycles. The quantitative estimate of drug-likeness (QED) is 0.839. The van der Waals surface area contributed by atoms with E-state index in [1.54, 1.807) is 0 Å². The van der Waals surface area contributed by atoms with Crippen LogP contribution in [-0.4, -0.2) is 73.4 Å². The van der Waals surface area contributed by atoms with E-state index in [-0.39, 0.29) is 6.03 Å². The van der Waals surface area contributed by atoms with Crippen molar-refractivity contribution in [1.82, 2.24) is 14.9 Å². The first-order chi connectivity index (χ1) is 14.5. The number of nitrogens with zero attached hydrogens (tertiary/aromatic N) is 5. The molecule has 30 heavy (non-hydrogen) atoms. The van der Waals surface area contributed by atoms with Crippen molar-refractivity contribution in [3.8, 4) is 0 Å². The van der Waals surface area contributed by atoms with Gasteiger partial charge in [0.2, 0.25) is 5.95 Å². The van der Waals surface area contributed by atoms with E-state index in [1.807, 2.05) is 36.9 Å². The number of urea groups is 1. The molecule has 8 heteroatoms. The van der Waals surface area contributed by atoms with Crippen molar-refractivity contribution >= 4 is 23.5 Å². The maximum absolute atomic E-state index is 12.7. The topological polar surface area (TPSA) is 73.8 Å². The van der Waals surface area contributed by atoms with E-state index in [4.69, 9.17) is 9.72 Å². The summed E-state index contributed by atoms with van der Waals surface area (Å²) in [6.45, 7) is 12.0. The Bertz CT molecular complexity index is 904. The number of morpholine rings is 1. The van der Waals surface area contributed by atoms with Gasteiger partial charge in [-0.2, -0.15) is 4.98 Å². The Morgan fingerprint density at radius 3 is 2.43 bits per heavy atom. The number of hydrogen-bond donors (Lipinski definition) is 1. The minimum Gasteiger partial charge on any atom is -0.378 e. The van der Waals surface area contributed by atoms with E-state index in [0.29, 0.717) is 26.3 Å². The highest BCUT2D eigenvalue weighted by atomic mass is 16.5. The van der Waals surface area contributed by atoms with Crippen LogP contribution in [0.4, 0.5) is 22.2 Å². The van der Waals surface area contributed by atoms with E-state index in [0.717, 1.165) is 54.9 Å². The van der Waals surface area contributed by atoms with Crippen molar-refractivity contribution in [2.24, 2.45) is 0 Å². The van der Waals surface area contributed by atoms with Gasteiger partial charge in [-0.1, -0.05) is 12.1 Å². The van der Waals surface area contributed by atoms with Gasteiger partial charge in [0.15, 0.2) is 0 Å². The second-order valence-electron chi connectivity index (χ2n) is 7.92. The van der Waals surface area contributed by atoms with E-state index in [9.17, 15) is 4.79 Å². The Morgan fingerprint density at radius 2 is 1.70 bits per heavy atom. The first-order valence-electron chi connectivity index (χ1n) is 10.6.